The van der Waals surface area contributed by atoms with E-state index in [9.17, 15) is 4.79 Å². The van der Waals surface area contributed by atoms with Gasteiger partial charge in [-0.05, 0) is 43.6 Å². The minimum atomic E-state index is 0.336. The van der Waals surface area contributed by atoms with Gasteiger partial charge in [-0.1, -0.05) is 34.6 Å². The summed E-state index contributed by atoms with van der Waals surface area (Å²) in [6.07, 6.45) is 5.80. The van der Waals surface area contributed by atoms with E-state index >= 15 is 0 Å². The number of nitrogens with zero attached hydrogens (tertiary/aromatic N) is 2. The molecule has 0 aliphatic carbocycles. The molecule has 2 aliphatic heterocycles. The minimum Gasteiger partial charge on any atom is -0.343 e. The summed E-state index contributed by atoms with van der Waals surface area (Å²) < 4.78 is 0. The molecule has 0 saturated carbocycles. The average molecular weight is 296 g/mol. The van der Waals surface area contributed by atoms with Crippen LogP contribution in [0.1, 0.15) is 66.7 Å². The first kappa shape index (κ1) is 18.5. The van der Waals surface area contributed by atoms with Crippen molar-refractivity contribution in [2.45, 2.75) is 66.7 Å². The van der Waals surface area contributed by atoms with Crippen LogP contribution in [0, 0.1) is 11.3 Å². The standard InChI is InChI=1S/C16H30N2O.C2H6/c1-4-15(19)18-10-7-16(8-11-18)12-17(13-16)9-5-6-14(2)3;1-2/h14H,4-13H2,1-3H3;1-2H3. The fourth-order valence-corrected chi connectivity index (χ4v) is 3.55. The summed E-state index contributed by atoms with van der Waals surface area (Å²) in [5.74, 6) is 1.17. The van der Waals surface area contributed by atoms with Crippen molar-refractivity contribution in [1.82, 2.24) is 9.80 Å². The van der Waals surface area contributed by atoms with Gasteiger partial charge in [-0.2, -0.15) is 0 Å². The van der Waals surface area contributed by atoms with Gasteiger partial charge < -0.3 is 9.80 Å². The van der Waals surface area contributed by atoms with Gasteiger partial charge in [-0.3, -0.25) is 4.79 Å². The third-order valence-electron chi connectivity index (χ3n) is 4.85. The van der Waals surface area contributed by atoms with Crippen LogP contribution in [0.15, 0.2) is 0 Å². The lowest BCUT2D eigenvalue weighted by molar-refractivity contribution is -0.135. The third-order valence-corrected chi connectivity index (χ3v) is 4.85. The summed E-state index contributed by atoms with van der Waals surface area (Å²) in [6, 6.07) is 0. The molecule has 0 bridgehead atoms. The molecule has 2 aliphatic rings. The highest BCUT2D eigenvalue weighted by Crippen LogP contribution is 2.40. The van der Waals surface area contributed by atoms with E-state index in [0.717, 1.165) is 19.0 Å². The quantitative estimate of drug-likeness (QED) is 0.771. The number of hydrogen-bond acceptors (Lipinski definition) is 2. The third kappa shape index (κ3) is 5.28. The van der Waals surface area contributed by atoms with Gasteiger partial charge >= 0.3 is 0 Å². The normalized spacial score (nSPS) is 21.0. The fourth-order valence-electron chi connectivity index (χ4n) is 3.55. The van der Waals surface area contributed by atoms with Crippen LogP contribution in [0.4, 0.5) is 0 Å². The van der Waals surface area contributed by atoms with E-state index in [1.54, 1.807) is 0 Å². The van der Waals surface area contributed by atoms with Gasteiger partial charge in [0.2, 0.25) is 5.91 Å². The molecule has 21 heavy (non-hydrogen) atoms. The fraction of sp³-hybridized carbons (Fsp3) is 0.944. The Morgan fingerprint density at radius 1 is 1.14 bits per heavy atom. The minimum absolute atomic E-state index is 0.336. The van der Waals surface area contributed by atoms with Crippen LogP contribution < -0.4 is 0 Å². The van der Waals surface area contributed by atoms with Crippen LogP contribution in [-0.2, 0) is 4.79 Å². The summed E-state index contributed by atoms with van der Waals surface area (Å²) in [4.78, 5) is 16.3. The molecular weight excluding hydrogens is 260 g/mol. The van der Waals surface area contributed by atoms with E-state index in [0.29, 0.717) is 17.7 Å². The maximum Gasteiger partial charge on any atom is 0.222 e. The maximum atomic E-state index is 11.7. The Bertz CT molecular complexity index is 298. The van der Waals surface area contributed by atoms with Gasteiger partial charge in [0.25, 0.3) is 0 Å². The first-order valence-electron chi connectivity index (χ1n) is 9.05. The zero-order valence-electron chi connectivity index (χ0n) is 15.0. The first-order valence-corrected chi connectivity index (χ1v) is 9.05. The highest BCUT2D eigenvalue weighted by atomic mass is 16.2. The molecule has 2 rings (SSSR count). The molecule has 1 amide bonds. The zero-order valence-corrected chi connectivity index (χ0v) is 15.0. The Morgan fingerprint density at radius 2 is 1.71 bits per heavy atom. The zero-order chi connectivity index (χ0) is 15.9. The van der Waals surface area contributed by atoms with Crippen molar-refractivity contribution in [2.24, 2.45) is 11.3 Å². The first-order chi connectivity index (χ1) is 10.0. The summed E-state index contributed by atoms with van der Waals surface area (Å²) in [6.45, 7) is 16.4. The number of carbonyl (C=O) groups is 1. The van der Waals surface area contributed by atoms with E-state index in [2.05, 4.69) is 23.6 Å². The molecule has 0 aromatic carbocycles. The van der Waals surface area contributed by atoms with Crippen molar-refractivity contribution < 1.29 is 4.79 Å². The SMILES string of the molecule is CC.CCC(=O)N1CCC2(CC1)CN(CCCC(C)C)C2. The number of piperidine rings is 1. The average Bonchev–Trinajstić information content (AvgIpc) is 2.47. The van der Waals surface area contributed by atoms with Gasteiger partial charge in [-0.15, -0.1) is 0 Å². The Morgan fingerprint density at radius 3 is 2.19 bits per heavy atom. The number of amides is 1. The molecular formula is C18H36N2O. The molecule has 0 aromatic heterocycles. The smallest absolute Gasteiger partial charge is 0.222 e. The van der Waals surface area contributed by atoms with Crippen molar-refractivity contribution >= 4 is 5.91 Å². The van der Waals surface area contributed by atoms with E-state index in [1.165, 1.54) is 45.3 Å². The van der Waals surface area contributed by atoms with Gasteiger partial charge in [0, 0.05) is 32.6 Å². The lowest BCUT2D eigenvalue weighted by Gasteiger charge is -2.54. The Kier molecular flexibility index (Phi) is 7.72. The Balaban J connectivity index is 0.00000106. The van der Waals surface area contributed by atoms with Crippen LogP contribution in [0.5, 0.6) is 0 Å². The van der Waals surface area contributed by atoms with E-state index < -0.39 is 0 Å². The molecule has 2 saturated heterocycles. The van der Waals surface area contributed by atoms with Gasteiger partial charge in [0.05, 0.1) is 0 Å². The van der Waals surface area contributed by atoms with E-state index in [-0.39, 0.29) is 0 Å². The van der Waals surface area contributed by atoms with Gasteiger partial charge in [0.1, 0.15) is 0 Å². The molecule has 0 radical (unpaired) electrons. The topological polar surface area (TPSA) is 23.6 Å². The number of rotatable bonds is 5. The molecule has 0 N–H and O–H groups in total. The van der Waals surface area contributed by atoms with Crippen LogP contribution in [0.2, 0.25) is 0 Å². The second-order valence-corrected chi connectivity index (χ2v) is 6.98. The van der Waals surface area contributed by atoms with E-state index in [1.807, 2.05) is 20.8 Å². The summed E-state index contributed by atoms with van der Waals surface area (Å²) >= 11 is 0. The molecule has 2 heterocycles. The van der Waals surface area contributed by atoms with Gasteiger partial charge in [0.15, 0.2) is 0 Å². The Hall–Kier alpha value is -0.570. The number of likely N-dealkylation sites (tertiary alicyclic amines) is 2. The second-order valence-electron chi connectivity index (χ2n) is 6.98. The highest BCUT2D eigenvalue weighted by molar-refractivity contribution is 5.75. The van der Waals surface area contributed by atoms with Crippen molar-refractivity contribution in [1.29, 1.82) is 0 Å². The van der Waals surface area contributed by atoms with Crippen LogP contribution in [0.3, 0.4) is 0 Å². The number of carbonyl (C=O) groups excluding carboxylic acids is 1. The van der Waals surface area contributed by atoms with Crippen LogP contribution in [0.25, 0.3) is 0 Å². The summed E-state index contributed by atoms with van der Waals surface area (Å²) in [5, 5.41) is 0. The van der Waals surface area contributed by atoms with Crippen molar-refractivity contribution in [2.75, 3.05) is 32.7 Å². The molecule has 0 atom stereocenters. The monoisotopic (exact) mass is 296 g/mol. The lowest BCUT2D eigenvalue weighted by atomic mass is 9.72. The molecule has 2 fully saturated rings. The van der Waals surface area contributed by atoms with E-state index in [4.69, 9.17) is 0 Å². The second kappa shape index (κ2) is 8.77. The summed E-state index contributed by atoms with van der Waals surface area (Å²) in [5.41, 5.74) is 0.558. The predicted octanol–water partition coefficient (Wildman–Crippen LogP) is 3.78. The molecule has 0 aromatic rings. The largest absolute Gasteiger partial charge is 0.343 e. The molecule has 3 nitrogen and oxygen atoms in total. The van der Waals surface area contributed by atoms with Crippen molar-refractivity contribution in [3.63, 3.8) is 0 Å². The predicted molar refractivity (Wildman–Crippen MR) is 90.4 cm³/mol. The van der Waals surface area contributed by atoms with Crippen molar-refractivity contribution in [3.8, 4) is 0 Å². The molecule has 0 unspecified atom stereocenters. The molecule has 124 valence electrons. The van der Waals surface area contributed by atoms with Crippen molar-refractivity contribution in [3.05, 3.63) is 0 Å². The summed E-state index contributed by atoms with van der Waals surface area (Å²) in [7, 11) is 0. The molecule has 3 heteroatoms. The van der Waals surface area contributed by atoms with Crippen LogP contribution in [-0.4, -0.2) is 48.4 Å². The van der Waals surface area contributed by atoms with Gasteiger partial charge in [-0.25, -0.2) is 0 Å². The highest BCUT2D eigenvalue weighted by Gasteiger charge is 2.44. The van der Waals surface area contributed by atoms with Crippen LogP contribution >= 0.6 is 0 Å². The lowest BCUT2D eigenvalue weighted by Crippen LogP contribution is -2.60. The number of hydrogen-bond donors (Lipinski definition) is 0. The maximum absolute atomic E-state index is 11.7. The molecule has 1 spiro atoms. The Labute approximate surface area is 132 Å².